The molecule has 0 amide bonds. The molecule has 0 aliphatic heterocycles. The summed E-state index contributed by atoms with van der Waals surface area (Å²) < 4.78 is 0. The second-order valence-corrected chi connectivity index (χ2v) is 6.37. The highest BCUT2D eigenvalue weighted by Crippen LogP contribution is 2.51. The van der Waals surface area contributed by atoms with Gasteiger partial charge in [-0.2, -0.15) is 0 Å². The van der Waals surface area contributed by atoms with Gasteiger partial charge in [0.05, 0.1) is 6.61 Å². The van der Waals surface area contributed by atoms with Crippen LogP contribution in [0.5, 0.6) is 0 Å². The van der Waals surface area contributed by atoms with E-state index >= 15 is 0 Å². The lowest BCUT2D eigenvalue weighted by atomic mass is 9.57. The molecular formula is C17H25NO. The van der Waals surface area contributed by atoms with Gasteiger partial charge in [0, 0.05) is 12.6 Å². The van der Waals surface area contributed by atoms with Crippen LogP contribution in [0.3, 0.4) is 0 Å². The Balaban J connectivity index is 1.54. The van der Waals surface area contributed by atoms with Crippen LogP contribution in [-0.4, -0.2) is 11.1 Å². The molecule has 0 bridgehead atoms. The number of nitrogens with one attached hydrogen (secondary N) is 1. The van der Waals surface area contributed by atoms with Crippen molar-refractivity contribution >= 4 is 0 Å². The van der Waals surface area contributed by atoms with Crippen molar-refractivity contribution in [3.63, 3.8) is 0 Å². The van der Waals surface area contributed by atoms with Crippen LogP contribution in [0.25, 0.3) is 0 Å². The van der Waals surface area contributed by atoms with Gasteiger partial charge in [0.1, 0.15) is 0 Å². The van der Waals surface area contributed by atoms with Gasteiger partial charge < -0.3 is 10.4 Å². The minimum atomic E-state index is 0.138. The minimum absolute atomic E-state index is 0.138. The number of hydrogen-bond donors (Lipinski definition) is 2. The van der Waals surface area contributed by atoms with Crippen molar-refractivity contribution in [3.05, 3.63) is 35.4 Å². The summed E-state index contributed by atoms with van der Waals surface area (Å²) in [6.07, 6.45) is 9.98. The Bertz CT molecular complexity index is 406. The SMILES string of the molecule is OCc1ccc(CNC2CCC23CCCCC3)cc1. The van der Waals surface area contributed by atoms with Crippen LogP contribution in [-0.2, 0) is 13.2 Å². The Morgan fingerprint density at radius 1 is 1.00 bits per heavy atom. The molecule has 19 heavy (non-hydrogen) atoms. The topological polar surface area (TPSA) is 32.3 Å². The van der Waals surface area contributed by atoms with Gasteiger partial charge in [0.2, 0.25) is 0 Å². The molecule has 1 spiro atoms. The summed E-state index contributed by atoms with van der Waals surface area (Å²) in [5.41, 5.74) is 2.97. The third kappa shape index (κ3) is 2.70. The van der Waals surface area contributed by atoms with E-state index in [1.165, 1.54) is 50.5 Å². The maximum absolute atomic E-state index is 9.04. The van der Waals surface area contributed by atoms with Crippen molar-refractivity contribution in [2.24, 2.45) is 5.41 Å². The van der Waals surface area contributed by atoms with E-state index in [0.717, 1.165) is 18.2 Å². The lowest BCUT2D eigenvalue weighted by Gasteiger charge is -2.52. The summed E-state index contributed by atoms with van der Waals surface area (Å²) >= 11 is 0. The van der Waals surface area contributed by atoms with Crippen molar-refractivity contribution in [1.29, 1.82) is 0 Å². The fraction of sp³-hybridized carbons (Fsp3) is 0.647. The largest absolute Gasteiger partial charge is 0.392 e. The molecule has 1 aromatic carbocycles. The van der Waals surface area contributed by atoms with Gasteiger partial charge in [-0.1, -0.05) is 43.5 Å². The van der Waals surface area contributed by atoms with E-state index in [0.29, 0.717) is 5.41 Å². The summed E-state index contributed by atoms with van der Waals surface area (Å²) in [6, 6.07) is 9.04. The number of aliphatic hydroxyl groups excluding tert-OH is 1. The van der Waals surface area contributed by atoms with Gasteiger partial charge in [-0.25, -0.2) is 0 Å². The lowest BCUT2D eigenvalue weighted by molar-refractivity contribution is 0.0221. The molecule has 2 fully saturated rings. The van der Waals surface area contributed by atoms with Crippen molar-refractivity contribution < 1.29 is 5.11 Å². The van der Waals surface area contributed by atoms with Crippen LogP contribution in [0.4, 0.5) is 0 Å². The van der Waals surface area contributed by atoms with Gasteiger partial charge in [0.15, 0.2) is 0 Å². The van der Waals surface area contributed by atoms with Gasteiger partial charge in [-0.15, -0.1) is 0 Å². The van der Waals surface area contributed by atoms with E-state index in [-0.39, 0.29) is 6.61 Å². The molecule has 104 valence electrons. The molecule has 0 radical (unpaired) electrons. The van der Waals surface area contributed by atoms with Crippen LogP contribution >= 0.6 is 0 Å². The lowest BCUT2D eigenvalue weighted by Crippen LogP contribution is -2.53. The smallest absolute Gasteiger partial charge is 0.0681 e. The van der Waals surface area contributed by atoms with Crippen molar-refractivity contribution in [2.45, 2.75) is 64.1 Å². The average molecular weight is 259 g/mol. The predicted octanol–water partition coefficient (Wildman–Crippen LogP) is 3.38. The Morgan fingerprint density at radius 2 is 1.68 bits per heavy atom. The van der Waals surface area contributed by atoms with Crippen molar-refractivity contribution in [3.8, 4) is 0 Å². The molecule has 2 aliphatic rings. The van der Waals surface area contributed by atoms with E-state index in [4.69, 9.17) is 5.11 Å². The van der Waals surface area contributed by atoms with Crippen LogP contribution in [0.15, 0.2) is 24.3 Å². The predicted molar refractivity (Wildman–Crippen MR) is 77.7 cm³/mol. The van der Waals surface area contributed by atoms with Gasteiger partial charge >= 0.3 is 0 Å². The first kappa shape index (κ1) is 13.1. The standard InChI is InChI=1S/C17H25NO/c19-13-15-6-4-14(5-7-15)12-18-16-8-11-17(16)9-2-1-3-10-17/h4-7,16,18-19H,1-3,8-13H2. The van der Waals surface area contributed by atoms with E-state index in [2.05, 4.69) is 17.4 Å². The van der Waals surface area contributed by atoms with E-state index in [1.54, 1.807) is 0 Å². The quantitative estimate of drug-likeness (QED) is 0.869. The molecule has 2 N–H and O–H groups in total. The van der Waals surface area contributed by atoms with Crippen molar-refractivity contribution in [1.82, 2.24) is 5.32 Å². The Kier molecular flexibility index (Phi) is 3.90. The van der Waals surface area contributed by atoms with Crippen LogP contribution in [0, 0.1) is 5.41 Å². The zero-order valence-corrected chi connectivity index (χ0v) is 11.7. The summed E-state index contributed by atoms with van der Waals surface area (Å²) in [7, 11) is 0. The van der Waals surface area contributed by atoms with Crippen LogP contribution in [0.1, 0.15) is 56.1 Å². The maximum atomic E-state index is 9.04. The van der Waals surface area contributed by atoms with Crippen LogP contribution in [0.2, 0.25) is 0 Å². The first-order valence-corrected chi connectivity index (χ1v) is 7.74. The molecule has 0 aromatic heterocycles. The molecule has 2 saturated carbocycles. The first-order valence-electron chi connectivity index (χ1n) is 7.74. The molecule has 0 heterocycles. The first-order chi connectivity index (χ1) is 9.32. The summed E-state index contributed by atoms with van der Waals surface area (Å²) in [5, 5.41) is 12.8. The maximum Gasteiger partial charge on any atom is 0.0681 e. The Hall–Kier alpha value is -0.860. The highest BCUT2D eigenvalue weighted by molar-refractivity contribution is 5.22. The highest BCUT2D eigenvalue weighted by atomic mass is 16.3. The fourth-order valence-electron chi connectivity index (χ4n) is 3.87. The van der Waals surface area contributed by atoms with Gasteiger partial charge in [-0.3, -0.25) is 0 Å². The zero-order chi connectivity index (χ0) is 13.1. The molecule has 2 heteroatoms. The van der Waals surface area contributed by atoms with E-state index in [1.807, 2.05) is 12.1 Å². The number of hydrogen-bond acceptors (Lipinski definition) is 2. The van der Waals surface area contributed by atoms with Crippen molar-refractivity contribution in [2.75, 3.05) is 0 Å². The molecule has 1 aromatic rings. The molecule has 1 unspecified atom stereocenters. The molecule has 2 nitrogen and oxygen atoms in total. The summed E-state index contributed by atoms with van der Waals surface area (Å²) in [6.45, 7) is 1.11. The number of aliphatic hydroxyl groups is 1. The Morgan fingerprint density at radius 3 is 2.26 bits per heavy atom. The molecule has 1 atom stereocenters. The van der Waals surface area contributed by atoms with Gasteiger partial charge in [-0.05, 0) is 42.2 Å². The fourth-order valence-corrected chi connectivity index (χ4v) is 3.87. The third-order valence-corrected chi connectivity index (χ3v) is 5.28. The third-order valence-electron chi connectivity index (χ3n) is 5.28. The second-order valence-electron chi connectivity index (χ2n) is 6.37. The molecular weight excluding hydrogens is 234 g/mol. The van der Waals surface area contributed by atoms with Crippen LogP contribution < -0.4 is 5.32 Å². The van der Waals surface area contributed by atoms with E-state index in [9.17, 15) is 0 Å². The normalized spacial score (nSPS) is 25.2. The summed E-state index contributed by atoms with van der Waals surface area (Å²) in [5.74, 6) is 0. The summed E-state index contributed by atoms with van der Waals surface area (Å²) in [4.78, 5) is 0. The molecule has 3 rings (SSSR count). The monoisotopic (exact) mass is 259 g/mol. The highest BCUT2D eigenvalue weighted by Gasteiger charge is 2.46. The average Bonchev–Trinajstić information content (AvgIpc) is 2.48. The number of benzene rings is 1. The zero-order valence-electron chi connectivity index (χ0n) is 11.7. The Labute approximate surface area is 116 Å². The minimum Gasteiger partial charge on any atom is -0.392 e. The van der Waals surface area contributed by atoms with E-state index < -0.39 is 0 Å². The number of rotatable bonds is 4. The second kappa shape index (κ2) is 5.64. The molecule has 2 aliphatic carbocycles. The molecule has 0 saturated heterocycles. The van der Waals surface area contributed by atoms with Gasteiger partial charge in [0.25, 0.3) is 0 Å².